The summed E-state index contributed by atoms with van der Waals surface area (Å²) >= 11 is 7.89. The highest BCUT2D eigenvalue weighted by Gasteiger charge is 2.26. The summed E-state index contributed by atoms with van der Waals surface area (Å²) in [6.07, 6.45) is 3.19. The minimum Gasteiger partial charge on any atom is -0.381 e. The van der Waals surface area contributed by atoms with Crippen LogP contribution in [0, 0.1) is 5.92 Å². The van der Waals surface area contributed by atoms with Crippen molar-refractivity contribution in [2.75, 3.05) is 32.8 Å². The van der Waals surface area contributed by atoms with E-state index >= 15 is 0 Å². The molecule has 0 aliphatic carbocycles. The molecule has 1 unspecified atom stereocenters. The summed E-state index contributed by atoms with van der Waals surface area (Å²) in [5.41, 5.74) is 0. The van der Waals surface area contributed by atoms with Crippen molar-refractivity contribution in [3.05, 3.63) is 34.2 Å². The normalized spacial score (nSPS) is 22.5. The monoisotopic (exact) mass is 378 g/mol. The first-order valence-electron chi connectivity index (χ1n) is 8.98. The Bertz CT molecular complexity index is 749. The third kappa shape index (κ3) is 3.85. The van der Waals surface area contributed by atoms with Crippen LogP contribution in [0.1, 0.15) is 28.9 Å². The number of fused-ring (bicyclic) bond motifs is 1. The van der Waals surface area contributed by atoms with Gasteiger partial charge in [0, 0.05) is 42.4 Å². The third-order valence-electron chi connectivity index (χ3n) is 5.20. The Morgan fingerprint density at radius 3 is 2.80 bits per heavy atom. The van der Waals surface area contributed by atoms with E-state index in [9.17, 15) is 4.79 Å². The molecule has 1 aromatic carbocycles. The van der Waals surface area contributed by atoms with Crippen LogP contribution in [0.5, 0.6) is 0 Å². The zero-order valence-corrected chi connectivity index (χ0v) is 15.7. The molecule has 0 bridgehead atoms. The Labute approximate surface area is 157 Å². The third-order valence-corrected chi connectivity index (χ3v) is 6.88. The second-order valence-corrected chi connectivity index (χ2v) is 8.45. The first-order valence-corrected chi connectivity index (χ1v) is 10.2. The number of ether oxygens (including phenoxy) is 1. The smallest absolute Gasteiger partial charge is 0.263 e. The fraction of sp³-hybridized carbons (Fsp3) is 0.526. The molecule has 1 amide bonds. The molecule has 1 atom stereocenters. The Morgan fingerprint density at radius 2 is 2.08 bits per heavy atom. The number of amides is 1. The first-order chi connectivity index (χ1) is 12.2. The van der Waals surface area contributed by atoms with Crippen LogP contribution in [0.3, 0.4) is 0 Å². The molecule has 0 saturated carbocycles. The molecule has 0 radical (unpaired) electrons. The standard InChI is InChI=1S/C19H23ClN2O2S/c20-17-15-3-1-2-4-16(15)25-18(17)19(23)21-14-5-8-22(9-6-14)11-13-7-10-24-12-13/h1-4,13-14H,5-12H2,(H,21,23). The molecule has 2 saturated heterocycles. The Morgan fingerprint density at radius 1 is 1.28 bits per heavy atom. The zero-order valence-electron chi connectivity index (χ0n) is 14.2. The molecule has 134 valence electrons. The lowest BCUT2D eigenvalue weighted by atomic mass is 10.0. The summed E-state index contributed by atoms with van der Waals surface area (Å²) in [6.45, 7) is 5.03. The largest absolute Gasteiger partial charge is 0.381 e. The molecule has 1 N–H and O–H groups in total. The average molecular weight is 379 g/mol. The number of nitrogens with one attached hydrogen (secondary N) is 1. The van der Waals surface area contributed by atoms with Gasteiger partial charge < -0.3 is 15.0 Å². The summed E-state index contributed by atoms with van der Waals surface area (Å²) in [7, 11) is 0. The Hall–Kier alpha value is -1.14. The van der Waals surface area contributed by atoms with Crippen molar-refractivity contribution >= 4 is 38.9 Å². The summed E-state index contributed by atoms with van der Waals surface area (Å²) in [5, 5.41) is 4.73. The van der Waals surface area contributed by atoms with Gasteiger partial charge in [0.2, 0.25) is 0 Å². The maximum atomic E-state index is 12.6. The molecule has 3 heterocycles. The Kier molecular flexibility index (Phi) is 5.27. The number of nitrogens with zero attached hydrogens (tertiary/aromatic N) is 1. The number of thiophene rings is 1. The molecule has 25 heavy (non-hydrogen) atoms. The quantitative estimate of drug-likeness (QED) is 0.880. The van der Waals surface area contributed by atoms with Crippen LogP contribution < -0.4 is 5.32 Å². The van der Waals surface area contributed by atoms with Crippen molar-refractivity contribution in [3.63, 3.8) is 0 Å². The minimum atomic E-state index is -0.0335. The van der Waals surface area contributed by atoms with E-state index < -0.39 is 0 Å². The van der Waals surface area contributed by atoms with E-state index in [2.05, 4.69) is 10.2 Å². The van der Waals surface area contributed by atoms with Crippen molar-refractivity contribution in [1.82, 2.24) is 10.2 Å². The second-order valence-electron chi connectivity index (χ2n) is 7.02. The van der Waals surface area contributed by atoms with Crippen LogP contribution >= 0.6 is 22.9 Å². The van der Waals surface area contributed by atoms with E-state index in [1.807, 2.05) is 24.3 Å². The van der Waals surface area contributed by atoms with Crippen LogP contribution in [0.4, 0.5) is 0 Å². The van der Waals surface area contributed by atoms with Crippen LogP contribution in [0.2, 0.25) is 5.02 Å². The lowest BCUT2D eigenvalue weighted by molar-refractivity contribution is 0.0907. The van der Waals surface area contributed by atoms with Crippen LogP contribution in [-0.2, 0) is 4.74 Å². The molecule has 2 aliphatic rings. The molecule has 4 rings (SSSR count). The van der Waals surface area contributed by atoms with Gasteiger partial charge in [-0.15, -0.1) is 11.3 Å². The summed E-state index contributed by atoms with van der Waals surface area (Å²) in [4.78, 5) is 15.8. The molecule has 2 fully saturated rings. The predicted molar refractivity (Wildman–Crippen MR) is 103 cm³/mol. The minimum absolute atomic E-state index is 0.0335. The first kappa shape index (κ1) is 17.3. The highest BCUT2D eigenvalue weighted by molar-refractivity contribution is 7.21. The van der Waals surface area contributed by atoms with Crippen molar-refractivity contribution in [2.45, 2.75) is 25.3 Å². The van der Waals surface area contributed by atoms with Crippen molar-refractivity contribution in [2.24, 2.45) is 5.92 Å². The SMILES string of the molecule is O=C(NC1CCN(CC2CCOC2)CC1)c1sc2ccccc2c1Cl. The molecular formula is C19H23ClN2O2S. The van der Waals surface area contributed by atoms with Crippen molar-refractivity contribution < 1.29 is 9.53 Å². The van der Waals surface area contributed by atoms with Gasteiger partial charge in [0.15, 0.2) is 0 Å². The molecule has 2 aliphatic heterocycles. The van der Waals surface area contributed by atoms with Crippen LogP contribution in [0.25, 0.3) is 10.1 Å². The number of likely N-dealkylation sites (tertiary alicyclic amines) is 1. The summed E-state index contributed by atoms with van der Waals surface area (Å²) < 4.78 is 6.52. The number of benzene rings is 1. The number of carbonyl (C=O) groups excluding carboxylic acids is 1. The van der Waals surface area contributed by atoms with Gasteiger partial charge in [-0.2, -0.15) is 0 Å². The van der Waals surface area contributed by atoms with E-state index in [0.29, 0.717) is 15.8 Å². The van der Waals surface area contributed by atoms with E-state index in [1.165, 1.54) is 17.8 Å². The lowest BCUT2D eigenvalue weighted by Gasteiger charge is -2.33. The zero-order chi connectivity index (χ0) is 17.2. The molecular weight excluding hydrogens is 356 g/mol. The van der Waals surface area contributed by atoms with E-state index in [-0.39, 0.29) is 11.9 Å². The highest BCUT2D eigenvalue weighted by atomic mass is 35.5. The van der Waals surface area contributed by atoms with Crippen molar-refractivity contribution in [3.8, 4) is 0 Å². The van der Waals surface area contributed by atoms with Crippen LogP contribution in [-0.4, -0.2) is 49.7 Å². The molecule has 4 nitrogen and oxygen atoms in total. The maximum Gasteiger partial charge on any atom is 0.263 e. The molecule has 2 aromatic rings. The number of carbonyl (C=O) groups is 1. The summed E-state index contributed by atoms with van der Waals surface area (Å²) in [6, 6.07) is 8.14. The average Bonchev–Trinajstić information content (AvgIpc) is 3.25. The number of hydrogen-bond donors (Lipinski definition) is 1. The number of piperidine rings is 1. The molecule has 1 aromatic heterocycles. The van der Waals surface area contributed by atoms with Gasteiger partial charge in [0.05, 0.1) is 11.6 Å². The van der Waals surface area contributed by atoms with E-state index in [0.717, 1.165) is 55.8 Å². The topological polar surface area (TPSA) is 41.6 Å². The van der Waals surface area contributed by atoms with E-state index in [4.69, 9.17) is 16.3 Å². The second kappa shape index (κ2) is 7.62. The van der Waals surface area contributed by atoms with Gasteiger partial charge in [0.1, 0.15) is 4.88 Å². The van der Waals surface area contributed by atoms with Gasteiger partial charge >= 0.3 is 0 Å². The van der Waals surface area contributed by atoms with Gasteiger partial charge in [-0.1, -0.05) is 29.8 Å². The fourth-order valence-corrected chi connectivity index (χ4v) is 5.18. The molecule has 0 spiro atoms. The number of hydrogen-bond acceptors (Lipinski definition) is 4. The Balaban J connectivity index is 1.33. The number of rotatable bonds is 4. The van der Waals surface area contributed by atoms with Gasteiger partial charge in [-0.05, 0) is 31.2 Å². The number of halogens is 1. The van der Waals surface area contributed by atoms with Gasteiger partial charge in [-0.25, -0.2) is 0 Å². The maximum absolute atomic E-state index is 12.6. The van der Waals surface area contributed by atoms with E-state index in [1.54, 1.807) is 0 Å². The molecule has 6 heteroatoms. The highest BCUT2D eigenvalue weighted by Crippen LogP contribution is 2.35. The summed E-state index contributed by atoms with van der Waals surface area (Å²) in [5.74, 6) is 0.650. The predicted octanol–water partition coefficient (Wildman–Crippen LogP) is 3.79. The van der Waals surface area contributed by atoms with Gasteiger partial charge in [-0.3, -0.25) is 4.79 Å². The fourth-order valence-electron chi connectivity index (χ4n) is 3.76. The lowest BCUT2D eigenvalue weighted by Crippen LogP contribution is -2.45. The van der Waals surface area contributed by atoms with Gasteiger partial charge in [0.25, 0.3) is 5.91 Å². The van der Waals surface area contributed by atoms with Crippen molar-refractivity contribution in [1.29, 1.82) is 0 Å². The van der Waals surface area contributed by atoms with Crippen LogP contribution in [0.15, 0.2) is 24.3 Å².